The molecular weight excluding hydrogens is 440 g/mol. The Hall–Kier alpha value is -4.08. The molecule has 1 fully saturated rings. The summed E-state index contributed by atoms with van der Waals surface area (Å²) in [4.78, 5) is 35.2. The molecule has 34 heavy (non-hydrogen) atoms. The van der Waals surface area contributed by atoms with E-state index in [1.54, 1.807) is 37.6 Å². The topological polar surface area (TPSA) is 126 Å². The minimum absolute atomic E-state index is 0.288. The number of fused-ring (bicyclic) bond motifs is 2. The van der Waals surface area contributed by atoms with Gasteiger partial charge in [0, 0.05) is 24.2 Å². The van der Waals surface area contributed by atoms with Gasteiger partial charge in [0.25, 0.3) is 0 Å². The van der Waals surface area contributed by atoms with Crippen LogP contribution in [0, 0.1) is 5.92 Å². The van der Waals surface area contributed by atoms with Crippen LogP contribution in [-0.4, -0.2) is 54.9 Å². The van der Waals surface area contributed by atoms with Crippen LogP contribution in [0.25, 0.3) is 11.0 Å². The fourth-order valence-corrected chi connectivity index (χ4v) is 4.28. The largest absolute Gasteiger partial charge is 0.486 e. The molecule has 1 saturated heterocycles. The average molecular weight is 464 g/mol. The first kappa shape index (κ1) is 21.7. The number of anilines is 1. The van der Waals surface area contributed by atoms with Gasteiger partial charge in [0.15, 0.2) is 11.5 Å². The van der Waals surface area contributed by atoms with Gasteiger partial charge in [0.1, 0.15) is 19.3 Å². The summed E-state index contributed by atoms with van der Waals surface area (Å²) in [7, 11) is 1.54. The number of methoxy groups -OCH3 is 1. The second-order valence-electron chi connectivity index (χ2n) is 8.17. The van der Waals surface area contributed by atoms with Crippen LogP contribution in [0.15, 0.2) is 42.6 Å². The van der Waals surface area contributed by atoms with Crippen molar-refractivity contribution in [2.24, 2.45) is 11.7 Å². The number of carbonyl (C=O) groups is 2. The first-order valence-electron chi connectivity index (χ1n) is 11.0. The highest BCUT2D eigenvalue weighted by Crippen LogP contribution is 2.36. The second kappa shape index (κ2) is 9.05. The summed E-state index contributed by atoms with van der Waals surface area (Å²) in [5, 5.41) is 0. The number of pyridine rings is 2. The van der Waals surface area contributed by atoms with E-state index in [0.29, 0.717) is 60.3 Å². The van der Waals surface area contributed by atoms with Crippen molar-refractivity contribution in [2.75, 3.05) is 31.8 Å². The third-order valence-corrected chi connectivity index (χ3v) is 5.98. The zero-order chi connectivity index (χ0) is 23.7. The first-order chi connectivity index (χ1) is 16.5. The molecule has 5 rings (SSSR count). The Morgan fingerprint density at radius 3 is 2.82 bits per heavy atom. The molecule has 0 saturated carbocycles. The quantitative estimate of drug-likeness (QED) is 0.565. The van der Waals surface area contributed by atoms with Gasteiger partial charge in [-0.2, -0.15) is 0 Å². The van der Waals surface area contributed by atoms with Crippen LogP contribution in [0.3, 0.4) is 0 Å². The third-order valence-electron chi connectivity index (χ3n) is 5.98. The van der Waals surface area contributed by atoms with E-state index in [1.807, 2.05) is 12.1 Å². The highest BCUT2D eigenvalue weighted by Gasteiger charge is 2.36. The fraction of sp³-hybridized carbons (Fsp3) is 0.333. The zero-order valence-corrected chi connectivity index (χ0v) is 18.6. The van der Waals surface area contributed by atoms with Crippen molar-refractivity contribution < 1.29 is 28.5 Å². The van der Waals surface area contributed by atoms with Gasteiger partial charge in [-0.1, -0.05) is 0 Å². The van der Waals surface area contributed by atoms with Crippen LogP contribution in [-0.2, 0) is 16.0 Å². The molecule has 10 heteroatoms. The number of cyclic esters (lactones) is 1. The van der Waals surface area contributed by atoms with Crippen LogP contribution in [0.4, 0.5) is 10.5 Å². The number of primary amides is 1. The van der Waals surface area contributed by atoms with E-state index >= 15 is 0 Å². The number of hydrogen-bond acceptors (Lipinski definition) is 8. The molecule has 2 aromatic heterocycles. The van der Waals surface area contributed by atoms with Crippen LogP contribution in [0.1, 0.15) is 12.0 Å². The lowest BCUT2D eigenvalue weighted by atomic mass is 9.92. The summed E-state index contributed by atoms with van der Waals surface area (Å²) < 4.78 is 22.0. The number of aromatic nitrogens is 2. The Labute approximate surface area is 195 Å². The maximum absolute atomic E-state index is 12.6. The monoisotopic (exact) mass is 464 g/mol. The van der Waals surface area contributed by atoms with Gasteiger partial charge in [-0.05, 0) is 42.7 Å². The summed E-state index contributed by atoms with van der Waals surface area (Å²) in [5.41, 5.74) is 8.54. The Bertz CT molecular complexity index is 1250. The molecule has 3 aromatic rings. The van der Waals surface area contributed by atoms with Crippen molar-refractivity contribution in [3.8, 4) is 17.4 Å². The molecule has 2 amide bonds. The van der Waals surface area contributed by atoms with E-state index in [2.05, 4.69) is 9.97 Å². The van der Waals surface area contributed by atoms with Crippen molar-refractivity contribution in [1.29, 1.82) is 0 Å². The van der Waals surface area contributed by atoms with Gasteiger partial charge < -0.3 is 24.7 Å². The molecule has 2 atom stereocenters. The molecule has 1 unspecified atom stereocenters. The number of hydrogen-bond donors (Lipinski definition) is 1. The standard InChI is InChI=1S/C24H24N4O6/c1-31-21-5-3-18-22(27-21)14(6-7-26-18)10-15(23(25)29)11-17-13-28(24(30)34-17)16-2-4-19-20(12-16)33-9-8-32-19/h2-7,12,15,17H,8-11,13H2,1H3,(H2,25,29)/t15?,17-/m1/s1. The van der Waals surface area contributed by atoms with E-state index < -0.39 is 24.0 Å². The summed E-state index contributed by atoms with van der Waals surface area (Å²) in [6, 6.07) is 10.7. The molecule has 0 bridgehead atoms. The SMILES string of the molecule is COc1ccc2nccc(CC(C[C@@H]3CN(c4ccc5c(c4)OCCO5)C(=O)O3)C(N)=O)c2n1. The first-order valence-corrected chi connectivity index (χ1v) is 11.0. The molecule has 1 aromatic carbocycles. The number of ether oxygens (including phenoxy) is 4. The number of rotatable bonds is 7. The second-order valence-corrected chi connectivity index (χ2v) is 8.17. The van der Waals surface area contributed by atoms with E-state index in [1.165, 1.54) is 4.90 Å². The van der Waals surface area contributed by atoms with Crippen molar-refractivity contribution >= 4 is 28.7 Å². The fourth-order valence-electron chi connectivity index (χ4n) is 4.28. The van der Waals surface area contributed by atoms with E-state index in [9.17, 15) is 9.59 Å². The van der Waals surface area contributed by atoms with Gasteiger partial charge in [-0.3, -0.25) is 14.7 Å². The Morgan fingerprint density at radius 2 is 2.03 bits per heavy atom. The number of nitrogens with two attached hydrogens (primary N) is 1. The summed E-state index contributed by atoms with van der Waals surface area (Å²) in [6.45, 7) is 1.24. The van der Waals surface area contributed by atoms with Gasteiger partial charge in [0.2, 0.25) is 11.8 Å². The molecule has 0 aliphatic carbocycles. The number of carbonyl (C=O) groups excluding carboxylic acids is 2. The van der Waals surface area contributed by atoms with Gasteiger partial charge in [0.05, 0.1) is 30.4 Å². The van der Waals surface area contributed by atoms with Crippen LogP contribution >= 0.6 is 0 Å². The predicted molar refractivity (Wildman–Crippen MR) is 122 cm³/mol. The average Bonchev–Trinajstić information content (AvgIpc) is 3.23. The highest BCUT2D eigenvalue weighted by molar-refractivity contribution is 5.90. The molecule has 10 nitrogen and oxygen atoms in total. The lowest BCUT2D eigenvalue weighted by Crippen LogP contribution is -2.31. The molecule has 2 aliphatic heterocycles. The van der Waals surface area contributed by atoms with Gasteiger partial charge in [-0.25, -0.2) is 9.78 Å². The molecule has 2 aliphatic rings. The summed E-state index contributed by atoms with van der Waals surface area (Å²) in [5.74, 6) is 0.653. The minimum atomic E-state index is -0.559. The smallest absolute Gasteiger partial charge is 0.414 e. The Morgan fingerprint density at radius 1 is 1.21 bits per heavy atom. The number of nitrogens with zero attached hydrogens (tertiary/aromatic N) is 3. The number of benzene rings is 1. The Balaban J connectivity index is 1.32. The van der Waals surface area contributed by atoms with Crippen LogP contribution in [0.2, 0.25) is 0 Å². The van der Waals surface area contributed by atoms with Crippen LogP contribution in [0.5, 0.6) is 17.4 Å². The zero-order valence-electron chi connectivity index (χ0n) is 18.6. The lowest BCUT2D eigenvalue weighted by molar-refractivity contribution is -0.122. The van der Waals surface area contributed by atoms with Crippen molar-refractivity contribution in [1.82, 2.24) is 9.97 Å². The maximum Gasteiger partial charge on any atom is 0.414 e. The van der Waals surface area contributed by atoms with Gasteiger partial charge in [-0.15, -0.1) is 0 Å². The minimum Gasteiger partial charge on any atom is -0.486 e. The normalized spacial score (nSPS) is 18.0. The number of amides is 2. The predicted octanol–water partition coefficient (Wildman–Crippen LogP) is 2.47. The summed E-state index contributed by atoms with van der Waals surface area (Å²) in [6.07, 6.45) is 1.32. The van der Waals surface area contributed by atoms with Crippen LogP contribution < -0.4 is 24.8 Å². The van der Waals surface area contributed by atoms with Crippen molar-refractivity contribution in [3.63, 3.8) is 0 Å². The third kappa shape index (κ3) is 4.26. The van der Waals surface area contributed by atoms with E-state index in [4.69, 9.17) is 24.7 Å². The molecular formula is C24H24N4O6. The molecule has 2 N–H and O–H groups in total. The van der Waals surface area contributed by atoms with Gasteiger partial charge >= 0.3 is 6.09 Å². The molecule has 0 radical (unpaired) electrons. The lowest BCUT2D eigenvalue weighted by Gasteiger charge is -2.21. The summed E-state index contributed by atoms with van der Waals surface area (Å²) >= 11 is 0. The van der Waals surface area contributed by atoms with Crippen molar-refractivity contribution in [3.05, 3.63) is 48.2 Å². The molecule has 176 valence electrons. The molecule has 0 spiro atoms. The maximum atomic E-state index is 12.6. The van der Waals surface area contributed by atoms with E-state index in [-0.39, 0.29) is 6.42 Å². The Kier molecular flexibility index (Phi) is 5.79. The highest BCUT2D eigenvalue weighted by atomic mass is 16.6. The van der Waals surface area contributed by atoms with E-state index in [0.717, 1.165) is 5.56 Å². The molecule has 4 heterocycles. The van der Waals surface area contributed by atoms with Crippen molar-refractivity contribution in [2.45, 2.75) is 18.9 Å².